The minimum atomic E-state index is -0.986. The lowest BCUT2D eigenvalue weighted by Gasteiger charge is -2.57. The predicted molar refractivity (Wildman–Crippen MR) is 85.1 cm³/mol. The smallest absolute Gasteiger partial charge is 0.174 e. The van der Waals surface area contributed by atoms with Crippen LogP contribution in [-0.2, 0) is 11.2 Å². The van der Waals surface area contributed by atoms with Crippen LogP contribution in [-0.4, -0.2) is 54.2 Å². The van der Waals surface area contributed by atoms with E-state index >= 15 is 0 Å². The maximum Gasteiger partial charge on any atom is 0.174 e. The summed E-state index contributed by atoms with van der Waals surface area (Å²) >= 11 is 0. The van der Waals surface area contributed by atoms with Gasteiger partial charge in [0.25, 0.3) is 0 Å². The monoisotopic (exact) mass is 317 g/mol. The summed E-state index contributed by atoms with van der Waals surface area (Å²) in [7, 11) is 5.59. The van der Waals surface area contributed by atoms with Crippen LogP contribution >= 0.6 is 0 Å². The first-order chi connectivity index (χ1) is 10.8. The molecule has 0 bridgehead atoms. The van der Waals surface area contributed by atoms with E-state index in [1.54, 1.807) is 7.11 Å². The van der Waals surface area contributed by atoms with Gasteiger partial charge in [-0.1, -0.05) is 6.07 Å². The van der Waals surface area contributed by atoms with Gasteiger partial charge in [0.2, 0.25) is 0 Å². The molecule has 23 heavy (non-hydrogen) atoms. The lowest BCUT2D eigenvalue weighted by molar-refractivity contribution is -0.161. The van der Waals surface area contributed by atoms with E-state index in [2.05, 4.69) is 11.8 Å². The van der Waals surface area contributed by atoms with Gasteiger partial charge in [0, 0.05) is 12.0 Å². The maximum absolute atomic E-state index is 12.5. The number of benzene rings is 1. The first-order valence-electron chi connectivity index (χ1n) is 8.12. The standard InChI is InChI=1S/C18H23NO4/c1-17(19(2)3)9-10-5-6-12(22-4)16-13(10)14-15(23-16)11(20)7-8-18(14,17)21/h5-6,14-15,21H,7-9H2,1-4H3/t14?,15-,17?,18-/m0/s1. The molecule has 1 aliphatic heterocycles. The average Bonchev–Trinajstić information content (AvgIpc) is 2.93. The van der Waals surface area contributed by atoms with Gasteiger partial charge in [-0.2, -0.15) is 0 Å². The first kappa shape index (κ1) is 15.0. The summed E-state index contributed by atoms with van der Waals surface area (Å²) < 4.78 is 11.4. The number of hydrogen-bond acceptors (Lipinski definition) is 5. The Morgan fingerprint density at radius 3 is 2.78 bits per heavy atom. The molecule has 2 unspecified atom stereocenters. The fourth-order valence-electron chi connectivity index (χ4n) is 4.77. The highest BCUT2D eigenvalue weighted by Gasteiger charge is 2.65. The van der Waals surface area contributed by atoms with Gasteiger partial charge in [0.05, 0.1) is 24.2 Å². The first-order valence-corrected chi connectivity index (χ1v) is 8.12. The number of methoxy groups -OCH3 is 1. The van der Waals surface area contributed by atoms with Crippen molar-refractivity contribution in [1.29, 1.82) is 0 Å². The highest BCUT2D eigenvalue weighted by molar-refractivity contribution is 5.88. The van der Waals surface area contributed by atoms with Crippen LogP contribution in [0.3, 0.4) is 0 Å². The van der Waals surface area contributed by atoms with Crippen molar-refractivity contribution in [2.45, 2.75) is 49.3 Å². The molecule has 2 aliphatic carbocycles. The fourth-order valence-corrected chi connectivity index (χ4v) is 4.77. The zero-order valence-electron chi connectivity index (χ0n) is 14.0. The summed E-state index contributed by atoms with van der Waals surface area (Å²) in [4.78, 5) is 14.5. The third-order valence-electron chi connectivity index (χ3n) is 6.37. The van der Waals surface area contributed by atoms with Crippen molar-refractivity contribution in [3.63, 3.8) is 0 Å². The van der Waals surface area contributed by atoms with E-state index in [1.165, 1.54) is 0 Å². The molecule has 1 heterocycles. The maximum atomic E-state index is 12.5. The zero-order valence-corrected chi connectivity index (χ0v) is 14.0. The Balaban J connectivity index is 1.99. The summed E-state index contributed by atoms with van der Waals surface area (Å²) in [5.74, 6) is 1.05. The van der Waals surface area contributed by atoms with Crippen molar-refractivity contribution in [2.75, 3.05) is 21.2 Å². The molecule has 1 aromatic carbocycles. The molecule has 0 radical (unpaired) electrons. The molecule has 1 fully saturated rings. The Hall–Kier alpha value is -1.59. The number of carbonyl (C=O) groups is 1. The average molecular weight is 317 g/mol. The second-order valence-corrected chi connectivity index (χ2v) is 7.42. The molecule has 5 heteroatoms. The van der Waals surface area contributed by atoms with Crippen molar-refractivity contribution in [3.8, 4) is 11.5 Å². The normalized spacial score (nSPS) is 37.6. The predicted octanol–water partition coefficient (Wildman–Crippen LogP) is 1.51. The number of carbonyl (C=O) groups excluding carboxylic acids is 1. The Morgan fingerprint density at radius 1 is 1.39 bits per heavy atom. The lowest BCUT2D eigenvalue weighted by atomic mass is 9.56. The molecule has 124 valence electrons. The van der Waals surface area contributed by atoms with Gasteiger partial charge in [-0.15, -0.1) is 0 Å². The number of hydrogen-bond donors (Lipinski definition) is 1. The van der Waals surface area contributed by atoms with E-state index in [0.29, 0.717) is 24.3 Å². The minimum absolute atomic E-state index is 0.0758. The molecule has 1 aromatic rings. The molecule has 3 aliphatic rings. The van der Waals surface area contributed by atoms with Crippen LogP contribution in [0, 0.1) is 0 Å². The summed E-state index contributed by atoms with van der Waals surface area (Å²) in [5, 5.41) is 11.7. The molecule has 1 saturated carbocycles. The van der Waals surface area contributed by atoms with Gasteiger partial charge < -0.3 is 19.5 Å². The van der Waals surface area contributed by atoms with E-state index in [-0.39, 0.29) is 11.7 Å². The van der Waals surface area contributed by atoms with Crippen LogP contribution in [0.2, 0.25) is 0 Å². The van der Waals surface area contributed by atoms with Gasteiger partial charge in [0.1, 0.15) is 0 Å². The molecule has 5 nitrogen and oxygen atoms in total. The molecule has 4 rings (SSSR count). The molecule has 4 atom stereocenters. The number of likely N-dealkylation sites (N-methyl/N-ethyl adjacent to an activating group) is 1. The molecule has 0 saturated heterocycles. The van der Waals surface area contributed by atoms with Crippen molar-refractivity contribution >= 4 is 5.78 Å². The van der Waals surface area contributed by atoms with Crippen molar-refractivity contribution in [1.82, 2.24) is 4.90 Å². The Bertz CT molecular complexity index is 701. The molecular weight excluding hydrogens is 294 g/mol. The second-order valence-electron chi connectivity index (χ2n) is 7.42. The summed E-state index contributed by atoms with van der Waals surface area (Å²) in [6.45, 7) is 2.09. The number of ketones is 1. The van der Waals surface area contributed by atoms with Crippen LogP contribution in [0.25, 0.3) is 0 Å². The van der Waals surface area contributed by atoms with E-state index in [1.807, 2.05) is 26.2 Å². The number of ether oxygens (including phenoxy) is 2. The molecule has 0 amide bonds. The van der Waals surface area contributed by atoms with Crippen molar-refractivity contribution in [2.24, 2.45) is 0 Å². The van der Waals surface area contributed by atoms with E-state index in [9.17, 15) is 9.90 Å². The van der Waals surface area contributed by atoms with E-state index in [4.69, 9.17) is 9.47 Å². The molecule has 1 N–H and O–H groups in total. The van der Waals surface area contributed by atoms with Crippen molar-refractivity contribution in [3.05, 3.63) is 23.3 Å². The van der Waals surface area contributed by atoms with Gasteiger partial charge in [-0.3, -0.25) is 4.79 Å². The number of aliphatic hydroxyl groups is 1. The topological polar surface area (TPSA) is 59.0 Å². The highest BCUT2D eigenvalue weighted by atomic mass is 16.5. The SMILES string of the molecule is COc1ccc2c3c1O[C@H]1C(=O)CC[C@](O)(C31)C(C)(N(C)C)C2. The summed E-state index contributed by atoms with van der Waals surface area (Å²) in [6.07, 6.45) is 0.954. The highest BCUT2D eigenvalue weighted by Crippen LogP contribution is 2.60. The van der Waals surface area contributed by atoms with Crippen LogP contribution in [0.15, 0.2) is 12.1 Å². The summed E-state index contributed by atoms with van der Waals surface area (Å²) in [6, 6.07) is 3.94. The second kappa shape index (κ2) is 4.48. The van der Waals surface area contributed by atoms with Gasteiger partial charge in [-0.25, -0.2) is 0 Å². The lowest BCUT2D eigenvalue weighted by Crippen LogP contribution is -2.69. The Labute approximate surface area is 136 Å². The zero-order chi connectivity index (χ0) is 16.6. The van der Waals surface area contributed by atoms with Crippen LogP contribution in [0.5, 0.6) is 11.5 Å². The third-order valence-corrected chi connectivity index (χ3v) is 6.37. The number of Topliss-reactive ketones (excluding diaryl/α,β-unsaturated/α-hetero) is 1. The van der Waals surface area contributed by atoms with Gasteiger partial charge in [0.15, 0.2) is 23.4 Å². The van der Waals surface area contributed by atoms with E-state index < -0.39 is 17.2 Å². The molecule has 0 spiro atoms. The van der Waals surface area contributed by atoms with Crippen molar-refractivity contribution < 1.29 is 19.4 Å². The quantitative estimate of drug-likeness (QED) is 0.896. The summed E-state index contributed by atoms with van der Waals surface area (Å²) in [5.41, 5.74) is 0.691. The van der Waals surface area contributed by atoms with Gasteiger partial charge in [-0.05, 0) is 45.5 Å². The molecular formula is C18H23NO4. The third kappa shape index (κ3) is 1.62. The van der Waals surface area contributed by atoms with Crippen LogP contribution < -0.4 is 9.47 Å². The van der Waals surface area contributed by atoms with Gasteiger partial charge >= 0.3 is 0 Å². The number of nitrogens with zero attached hydrogens (tertiary/aromatic N) is 1. The van der Waals surface area contributed by atoms with Crippen LogP contribution in [0.1, 0.15) is 36.8 Å². The Morgan fingerprint density at radius 2 is 2.13 bits per heavy atom. The minimum Gasteiger partial charge on any atom is -0.493 e. The largest absolute Gasteiger partial charge is 0.493 e. The Kier molecular flexibility index (Phi) is 2.92. The van der Waals surface area contributed by atoms with Crippen LogP contribution in [0.4, 0.5) is 0 Å². The van der Waals surface area contributed by atoms with E-state index in [0.717, 1.165) is 17.5 Å². The fraction of sp³-hybridized carbons (Fsp3) is 0.611. The molecule has 0 aromatic heterocycles. The number of rotatable bonds is 2.